The Bertz CT molecular complexity index is 322. The number of hydrogen-bond acceptors (Lipinski definition) is 2. The summed E-state index contributed by atoms with van der Waals surface area (Å²) in [4.78, 5) is 10.3. The summed E-state index contributed by atoms with van der Waals surface area (Å²) in [6.45, 7) is -1.10. The van der Waals surface area contributed by atoms with E-state index in [1.807, 2.05) is 0 Å². The fourth-order valence-corrected chi connectivity index (χ4v) is 0.924. The molecule has 0 bridgehead atoms. The van der Waals surface area contributed by atoms with Crippen LogP contribution in [0.25, 0.3) is 0 Å². The molecule has 0 unspecified atom stereocenters. The van der Waals surface area contributed by atoms with E-state index < -0.39 is 12.7 Å². The van der Waals surface area contributed by atoms with E-state index in [0.717, 1.165) is 0 Å². The lowest BCUT2D eigenvalue weighted by atomic mass is 10.2. The van der Waals surface area contributed by atoms with E-state index in [1.165, 1.54) is 24.3 Å². The van der Waals surface area contributed by atoms with E-state index in [0.29, 0.717) is 11.8 Å². The highest BCUT2D eigenvalue weighted by Gasteiger charge is 2.26. The van der Waals surface area contributed by atoms with E-state index in [1.54, 1.807) is 0 Å². The van der Waals surface area contributed by atoms with Gasteiger partial charge in [0.25, 0.3) is 0 Å². The van der Waals surface area contributed by atoms with Gasteiger partial charge in [0.15, 0.2) is 0 Å². The summed E-state index contributed by atoms with van der Waals surface area (Å²) < 4.78 is 35.4. The molecule has 1 N–H and O–H groups in total. The van der Waals surface area contributed by atoms with Gasteiger partial charge in [0.05, 0.1) is 0 Å². The number of carbonyl (C=O) groups is 1. The van der Waals surface area contributed by atoms with Crippen LogP contribution < -0.4 is 5.32 Å². The SMILES string of the molecule is O=Cc1cccc(NCC(F)(F)F)c1. The van der Waals surface area contributed by atoms with Crippen molar-refractivity contribution in [2.24, 2.45) is 0 Å². The van der Waals surface area contributed by atoms with Crippen molar-refractivity contribution in [2.45, 2.75) is 6.18 Å². The Kier molecular flexibility index (Phi) is 3.11. The number of benzene rings is 1. The highest BCUT2D eigenvalue weighted by Crippen LogP contribution is 2.16. The molecule has 76 valence electrons. The standard InChI is InChI=1S/C9H8F3NO/c10-9(11,12)6-13-8-3-1-2-7(4-8)5-14/h1-5,13H,6H2. The summed E-state index contributed by atoms with van der Waals surface area (Å²) in [6.07, 6.45) is -3.67. The fraction of sp³-hybridized carbons (Fsp3) is 0.222. The zero-order chi connectivity index (χ0) is 10.6. The summed E-state index contributed by atoms with van der Waals surface area (Å²) in [5.74, 6) is 0. The molecule has 1 aromatic carbocycles. The normalized spacial score (nSPS) is 11.1. The van der Waals surface area contributed by atoms with Gasteiger partial charge in [-0.25, -0.2) is 0 Å². The van der Waals surface area contributed by atoms with Crippen LogP contribution in [0.3, 0.4) is 0 Å². The largest absolute Gasteiger partial charge is 0.405 e. The minimum atomic E-state index is -4.25. The first-order chi connectivity index (χ1) is 6.51. The topological polar surface area (TPSA) is 29.1 Å². The summed E-state index contributed by atoms with van der Waals surface area (Å²) in [5, 5.41) is 2.18. The number of nitrogens with one attached hydrogen (secondary N) is 1. The lowest BCUT2D eigenvalue weighted by Gasteiger charge is -2.09. The molecule has 0 aliphatic carbocycles. The molecule has 0 radical (unpaired) electrons. The molecule has 0 aromatic heterocycles. The molecule has 0 saturated heterocycles. The molecule has 0 fully saturated rings. The number of carbonyl (C=O) groups excluding carboxylic acids is 1. The molecule has 0 aliphatic rings. The molecule has 14 heavy (non-hydrogen) atoms. The van der Waals surface area contributed by atoms with Crippen molar-refractivity contribution < 1.29 is 18.0 Å². The maximum absolute atomic E-state index is 11.8. The van der Waals surface area contributed by atoms with Crippen molar-refractivity contribution in [1.82, 2.24) is 0 Å². The van der Waals surface area contributed by atoms with Crippen molar-refractivity contribution >= 4 is 12.0 Å². The van der Waals surface area contributed by atoms with Gasteiger partial charge in [0.2, 0.25) is 0 Å². The second-order valence-electron chi connectivity index (χ2n) is 2.71. The Balaban J connectivity index is 2.63. The molecule has 0 atom stereocenters. The minimum absolute atomic E-state index is 0.284. The van der Waals surface area contributed by atoms with Crippen molar-refractivity contribution in [3.8, 4) is 0 Å². The maximum Gasteiger partial charge on any atom is 0.405 e. The van der Waals surface area contributed by atoms with Crippen LogP contribution in [0.15, 0.2) is 24.3 Å². The van der Waals surface area contributed by atoms with Crippen LogP contribution in [0.5, 0.6) is 0 Å². The molecule has 0 saturated carbocycles. The zero-order valence-electron chi connectivity index (χ0n) is 7.14. The lowest BCUT2D eigenvalue weighted by Crippen LogP contribution is -2.21. The second-order valence-corrected chi connectivity index (χ2v) is 2.71. The quantitative estimate of drug-likeness (QED) is 0.764. The van der Waals surface area contributed by atoms with Crippen LogP contribution >= 0.6 is 0 Å². The van der Waals surface area contributed by atoms with Crippen LogP contribution in [0.4, 0.5) is 18.9 Å². The number of aldehydes is 1. The van der Waals surface area contributed by atoms with Gasteiger partial charge in [-0.1, -0.05) is 12.1 Å². The third-order valence-corrected chi connectivity index (χ3v) is 1.52. The van der Waals surface area contributed by atoms with Crippen molar-refractivity contribution in [3.63, 3.8) is 0 Å². The number of halogens is 3. The van der Waals surface area contributed by atoms with Crippen LogP contribution in [-0.2, 0) is 0 Å². The summed E-state index contributed by atoms with van der Waals surface area (Å²) in [5.41, 5.74) is 0.629. The predicted octanol–water partition coefficient (Wildman–Crippen LogP) is 2.47. The van der Waals surface area contributed by atoms with Gasteiger partial charge in [0, 0.05) is 11.3 Å². The van der Waals surface area contributed by atoms with Gasteiger partial charge in [-0.15, -0.1) is 0 Å². The number of rotatable bonds is 3. The highest BCUT2D eigenvalue weighted by atomic mass is 19.4. The Morgan fingerprint density at radius 3 is 2.64 bits per heavy atom. The third kappa shape index (κ3) is 3.47. The first kappa shape index (κ1) is 10.6. The Morgan fingerprint density at radius 2 is 2.07 bits per heavy atom. The second kappa shape index (κ2) is 4.13. The van der Waals surface area contributed by atoms with E-state index in [9.17, 15) is 18.0 Å². The Labute approximate surface area is 78.7 Å². The first-order valence-corrected chi connectivity index (χ1v) is 3.87. The lowest BCUT2D eigenvalue weighted by molar-refractivity contribution is -0.115. The van der Waals surface area contributed by atoms with Gasteiger partial charge < -0.3 is 5.32 Å². The summed E-state index contributed by atoms with van der Waals surface area (Å²) >= 11 is 0. The molecule has 5 heteroatoms. The van der Waals surface area contributed by atoms with Gasteiger partial charge in [-0.3, -0.25) is 4.79 Å². The predicted molar refractivity (Wildman–Crippen MR) is 46.4 cm³/mol. The van der Waals surface area contributed by atoms with Crippen molar-refractivity contribution in [2.75, 3.05) is 11.9 Å². The highest BCUT2D eigenvalue weighted by molar-refractivity contribution is 5.76. The summed E-state index contributed by atoms with van der Waals surface area (Å²) in [6, 6.07) is 5.87. The average Bonchev–Trinajstić information content (AvgIpc) is 2.14. The van der Waals surface area contributed by atoms with E-state index >= 15 is 0 Å². The van der Waals surface area contributed by atoms with Crippen molar-refractivity contribution in [1.29, 1.82) is 0 Å². The zero-order valence-corrected chi connectivity index (χ0v) is 7.14. The Hall–Kier alpha value is -1.52. The van der Waals surface area contributed by atoms with E-state index in [-0.39, 0.29) is 5.69 Å². The number of alkyl halides is 3. The number of hydrogen-bond donors (Lipinski definition) is 1. The molecule has 0 heterocycles. The molecule has 1 aromatic rings. The molecule has 1 rings (SSSR count). The van der Waals surface area contributed by atoms with Gasteiger partial charge in [0.1, 0.15) is 12.8 Å². The van der Waals surface area contributed by atoms with E-state index in [4.69, 9.17) is 0 Å². The monoisotopic (exact) mass is 203 g/mol. The fourth-order valence-electron chi connectivity index (χ4n) is 0.924. The molecule has 2 nitrogen and oxygen atoms in total. The van der Waals surface area contributed by atoms with Crippen LogP contribution in [-0.4, -0.2) is 19.0 Å². The molecular formula is C9H8F3NO. The molecule has 0 spiro atoms. The average molecular weight is 203 g/mol. The van der Waals surface area contributed by atoms with Crippen LogP contribution in [0.2, 0.25) is 0 Å². The summed E-state index contributed by atoms with van der Waals surface area (Å²) in [7, 11) is 0. The maximum atomic E-state index is 11.8. The molecular weight excluding hydrogens is 195 g/mol. The third-order valence-electron chi connectivity index (χ3n) is 1.52. The first-order valence-electron chi connectivity index (χ1n) is 3.87. The van der Waals surface area contributed by atoms with Crippen LogP contribution in [0, 0.1) is 0 Å². The smallest absolute Gasteiger partial charge is 0.376 e. The molecule has 0 aliphatic heterocycles. The van der Waals surface area contributed by atoms with Gasteiger partial charge in [-0.2, -0.15) is 13.2 Å². The van der Waals surface area contributed by atoms with E-state index in [2.05, 4.69) is 5.32 Å². The number of anilines is 1. The van der Waals surface area contributed by atoms with Crippen LogP contribution in [0.1, 0.15) is 10.4 Å². The van der Waals surface area contributed by atoms with Crippen molar-refractivity contribution in [3.05, 3.63) is 29.8 Å². The molecule has 0 amide bonds. The Morgan fingerprint density at radius 1 is 1.36 bits per heavy atom. The van der Waals surface area contributed by atoms with Gasteiger partial charge >= 0.3 is 6.18 Å². The minimum Gasteiger partial charge on any atom is -0.376 e. The van der Waals surface area contributed by atoms with Gasteiger partial charge in [-0.05, 0) is 12.1 Å².